The van der Waals surface area contributed by atoms with E-state index in [2.05, 4.69) is 21.5 Å². The number of fused-ring (bicyclic) bond motifs is 1. The lowest BCUT2D eigenvalue weighted by Gasteiger charge is -2.16. The number of amides is 1. The van der Waals surface area contributed by atoms with E-state index in [1.165, 1.54) is 0 Å². The van der Waals surface area contributed by atoms with Gasteiger partial charge in [-0.05, 0) is 49.7 Å². The smallest absolute Gasteiger partial charge is 0.252 e. The van der Waals surface area contributed by atoms with Gasteiger partial charge in [0.05, 0.1) is 23.2 Å². The fourth-order valence-corrected chi connectivity index (χ4v) is 3.25. The summed E-state index contributed by atoms with van der Waals surface area (Å²) in [5.41, 5.74) is 4.20. The van der Waals surface area contributed by atoms with Crippen molar-refractivity contribution in [3.05, 3.63) is 77.9 Å². The first-order valence-corrected chi connectivity index (χ1v) is 8.86. The number of hydrogen-bond donors (Lipinski definition) is 1. The summed E-state index contributed by atoms with van der Waals surface area (Å²) in [4.78, 5) is 17.4. The Morgan fingerprint density at radius 2 is 1.93 bits per heavy atom. The largest absolute Gasteiger partial charge is 0.345 e. The summed E-state index contributed by atoms with van der Waals surface area (Å²) in [5, 5.41) is 8.09. The minimum absolute atomic E-state index is 0.127. The molecule has 0 fully saturated rings. The fraction of sp³-hybridized carbons (Fsp3) is 0.190. The maximum Gasteiger partial charge on any atom is 0.252 e. The van der Waals surface area contributed by atoms with Crippen LogP contribution in [0.1, 0.15) is 34.6 Å². The van der Waals surface area contributed by atoms with Crippen LogP contribution in [0.15, 0.2) is 61.1 Å². The van der Waals surface area contributed by atoms with E-state index in [1.54, 1.807) is 10.9 Å². The zero-order valence-electron chi connectivity index (χ0n) is 15.5. The molecular formula is C21H21N5O. The molecule has 136 valence electrons. The minimum atomic E-state index is -0.131. The van der Waals surface area contributed by atoms with Gasteiger partial charge in [-0.3, -0.25) is 9.48 Å². The molecule has 0 aliphatic rings. The zero-order valence-corrected chi connectivity index (χ0v) is 15.5. The zero-order chi connectivity index (χ0) is 19.0. The second-order valence-corrected chi connectivity index (χ2v) is 6.70. The van der Waals surface area contributed by atoms with Gasteiger partial charge in [-0.25, -0.2) is 4.98 Å². The number of hydrogen-bond acceptors (Lipinski definition) is 3. The van der Waals surface area contributed by atoms with Gasteiger partial charge in [-0.15, -0.1) is 0 Å². The first kappa shape index (κ1) is 17.0. The van der Waals surface area contributed by atoms with Gasteiger partial charge in [0.1, 0.15) is 0 Å². The van der Waals surface area contributed by atoms with E-state index in [0.717, 1.165) is 22.3 Å². The Hall–Kier alpha value is -3.41. The average Bonchev–Trinajstić information content (AvgIpc) is 3.32. The highest BCUT2D eigenvalue weighted by Crippen LogP contribution is 2.21. The van der Waals surface area contributed by atoms with Crippen molar-refractivity contribution in [1.82, 2.24) is 24.6 Å². The molecule has 4 aromatic rings. The normalized spacial score (nSPS) is 12.3. The quantitative estimate of drug-likeness (QED) is 0.606. The summed E-state index contributed by atoms with van der Waals surface area (Å²) in [6.45, 7) is 3.87. The molecule has 0 spiro atoms. The van der Waals surface area contributed by atoms with Crippen LogP contribution in [0.2, 0.25) is 0 Å². The highest BCUT2D eigenvalue weighted by atomic mass is 16.1. The molecule has 1 N–H and O–H groups in total. The van der Waals surface area contributed by atoms with Crippen molar-refractivity contribution in [2.75, 3.05) is 0 Å². The van der Waals surface area contributed by atoms with Gasteiger partial charge in [-0.2, -0.15) is 5.10 Å². The molecule has 1 atom stereocenters. The Labute approximate surface area is 157 Å². The molecule has 0 bridgehead atoms. The van der Waals surface area contributed by atoms with Gasteiger partial charge >= 0.3 is 0 Å². The number of aryl methyl sites for hydroxylation is 2. The van der Waals surface area contributed by atoms with Gasteiger partial charge in [0, 0.05) is 30.8 Å². The van der Waals surface area contributed by atoms with Crippen molar-refractivity contribution in [3.8, 4) is 5.69 Å². The van der Waals surface area contributed by atoms with Gasteiger partial charge < -0.3 is 9.88 Å². The Balaban J connectivity index is 1.61. The Kier molecular flexibility index (Phi) is 4.24. The summed E-state index contributed by atoms with van der Waals surface area (Å²) in [5.74, 6) is -0.127. The van der Waals surface area contributed by atoms with Crippen molar-refractivity contribution < 1.29 is 4.79 Å². The van der Waals surface area contributed by atoms with Crippen LogP contribution < -0.4 is 5.32 Å². The molecule has 0 aliphatic heterocycles. The molecule has 0 saturated carbocycles. The fourth-order valence-electron chi connectivity index (χ4n) is 3.25. The number of carbonyl (C=O) groups excluding carboxylic acids is 1. The number of carbonyl (C=O) groups is 1. The van der Waals surface area contributed by atoms with Gasteiger partial charge in [0.2, 0.25) is 0 Å². The van der Waals surface area contributed by atoms with Crippen LogP contribution in [-0.2, 0) is 7.05 Å². The van der Waals surface area contributed by atoms with Crippen LogP contribution in [0.25, 0.3) is 16.7 Å². The van der Waals surface area contributed by atoms with E-state index in [1.807, 2.05) is 74.3 Å². The highest BCUT2D eigenvalue weighted by molar-refractivity contribution is 6.05. The standard InChI is InChI=1S/C21H21N5O/c1-14-11-18(19-13-22-25(3)20(19)23-14)21(27)24-15(2)16-7-6-8-17(12-16)26-9-4-5-10-26/h4-13,15H,1-3H3,(H,24,27)/t15-/m0/s1. The summed E-state index contributed by atoms with van der Waals surface area (Å²) in [6, 6.07) is 13.8. The molecule has 3 aromatic heterocycles. The van der Waals surface area contributed by atoms with Crippen molar-refractivity contribution >= 4 is 16.9 Å². The lowest BCUT2D eigenvalue weighted by Crippen LogP contribution is -2.27. The van der Waals surface area contributed by atoms with E-state index in [0.29, 0.717) is 11.2 Å². The lowest BCUT2D eigenvalue weighted by molar-refractivity contribution is 0.0941. The van der Waals surface area contributed by atoms with E-state index in [4.69, 9.17) is 0 Å². The first-order chi connectivity index (χ1) is 13.0. The van der Waals surface area contributed by atoms with Crippen molar-refractivity contribution in [2.45, 2.75) is 19.9 Å². The maximum atomic E-state index is 12.9. The Morgan fingerprint density at radius 1 is 1.15 bits per heavy atom. The second-order valence-electron chi connectivity index (χ2n) is 6.70. The maximum absolute atomic E-state index is 12.9. The number of aromatic nitrogens is 4. The first-order valence-electron chi connectivity index (χ1n) is 8.86. The van der Waals surface area contributed by atoms with Crippen LogP contribution in [-0.4, -0.2) is 25.2 Å². The number of nitrogens with one attached hydrogen (secondary N) is 1. The van der Waals surface area contributed by atoms with Crippen LogP contribution in [0.4, 0.5) is 0 Å². The highest BCUT2D eigenvalue weighted by Gasteiger charge is 2.17. The van der Waals surface area contributed by atoms with Crippen LogP contribution >= 0.6 is 0 Å². The van der Waals surface area contributed by atoms with Gasteiger partial charge in [-0.1, -0.05) is 12.1 Å². The topological polar surface area (TPSA) is 64.7 Å². The van der Waals surface area contributed by atoms with Crippen LogP contribution in [0, 0.1) is 6.92 Å². The summed E-state index contributed by atoms with van der Waals surface area (Å²) in [7, 11) is 1.83. The molecule has 27 heavy (non-hydrogen) atoms. The third-order valence-electron chi connectivity index (χ3n) is 4.70. The number of nitrogens with zero attached hydrogens (tertiary/aromatic N) is 4. The monoisotopic (exact) mass is 359 g/mol. The molecule has 6 nitrogen and oxygen atoms in total. The molecule has 6 heteroatoms. The third kappa shape index (κ3) is 3.21. The molecule has 3 heterocycles. The molecule has 0 radical (unpaired) electrons. The average molecular weight is 359 g/mol. The summed E-state index contributed by atoms with van der Waals surface area (Å²) >= 11 is 0. The van der Waals surface area contributed by atoms with E-state index >= 15 is 0 Å². The Morgan fingerprint density at radius 3 is 2.70 bits per heavy atom. The summed E-state index contributed by atoms with van der Waals surface area (Å²) in [6.07, 6.45) is 5.69. The molecule has 4 rings (SSSR count). The molecule has 0 saturated heterocycles. The molecule has 0 aliphatic carbocycles. The molecule has 0 unspecified atom stereocenters. The van der Waals surface area contributed by atoms with E-state index < -0.39 is 0 Å². The number of benzene rings is 1. The molecule has 1 amide bonds. The predicted molar refractivity (Wildman–Crippen MR) is 105 cm³/mol. The molecular weight excluding hydrogens is 338 g/mol. The minimum Gasteiger partial charge on any atom is -0.345 e. The van der Waals surface area contributed by atoms with E-state index in [9.17, 15) is 4.79 Å². The van der Waals surface area contributed by atoms with Crippen molar-refractivity contribution in [1.29, 1.82) is 0 Å². The Bertz CT molecular complexity index is 1110. The molecule has 1 aromatic carbocycles. The number of pyridine rings is 1. The third-order valence-corrected chi connectivity index (χ3v) is 4.70. The van der Waals surface area contributed by atoms with Gasteiger partial charge in [0.25, 0.3) is 5.91 Å². The summed E-state index contributed by atoms with van der Waals surface area (Å²) < 4.78 is 3.73. The van der Waals surface area contributed by atoms with Crippen LogP contribution in [0.3, 0.4) is 0 Å². The number of rotatable bonds is 4. The lowest BCUT2D eigenvalue weighted by atomic mass is 10.1. The van der Waals surface area contributed by atoms with Crippen molar-refractivity contribution in [2.24, 2.45) is 7.05 Å². The van der Waals surface area contributed by atoms with E-state index in [-0.39, 0.29) is 11.9 Å². The van der Waals surface area contributed by atoms with Crippen molar-refractivity contribution in [3.63, 3.8) is 0 Å². The SMILES string of the molecule is Cc1cc(C(=O)N[C@@H](C)c2cccc(-n3cccc3)c2)c2cnn(C)c2n1. The van der Waals surface area contributed by atoms with Crippen LogP contribution in [0.5, 0.6) is 0 Å². The van der Waals surface area contributed by atoms with Gasteiger partial charge in [0.15, 0.2) is 5.65 Å². The second kappa shape index (κ2) is 6.72. The predicted octanol–water partition coefficient (Wildman–Crippen LogP) is 3.56.